The SMILES string of the molecule is O=C(Nc1cccc(C(F)(F)F)c1)c1ccccc1S(=O)(=O)N1CCCCC1. The second-order valence-corrected chi connectivity index (χ2v) is 8.40. The number of rotatable bonds is 4. The summed E-state index contributed by atoms with van der Waals surface area (Å²) in [6.07, 6.45) is -2.10. The van der Waals surface area contributed by atoms with Crippen LogP contribution in [0.15, 0.2) is 53.4 Å². The van der Waals surface area contributed by atoms with Crippen molar-refractivity contribution in [1.82, 2.24) is 4.31 Å². The molecule has 0 atom stereocenters. The van der Waals surface area contributed by atoms with Crippen LogP contribution in [0.3, 0.4) is 0 Å². The minimum Gasteiger partial charge on any atom is -0.322 e. The zero-order chi connectivity index (χ0) is 20.4. The Morgan fingerprint density at radius 2 is 1.64 bits per heavy atom. The summed E-state index contributed by atoms with van der Waals surface area (Å²) in [6.45, 7) is 0.762. The Balaban J connectivity index is 1.90. The first kappa shape index (κ1) is 20.3. The number of amides is 1. The standard InChI is InChI=1S/C19H19F3N2O3S/c20-19(21,22)14-7-6-8-15(13-14)23-18(25)16-9-2-3-10-17(16)28(26,27)24-11-4-1-5-12-24/h2-3,6-10,13H,1,4-5,11-12H2,(H,23,25). The molecule has 0 unspecified atom stereocenters. The molecule has 0 spiro atoms. The molecule has 0 saturated carbocycles. The summed E-state index contributed by atoms with van der Waals surface area (Å²) >= 11 is 0. The van der Waals surface area contributed by atoms with Crippen LogP contribution in [-0.2, 0) is 16.2 Å². The number of benzene rings is 2. The molecule has 1 aliphatic heterocycles. The van der Waals surface area contributed by atoms with Crippen molar-refractivity contribution in [3.63, 3.8) is 0 Å². The first-order valence-corrected chi connectivity index (χ1v) is 10.2. The summed E-state index contributed by atoms with van der Waals surface area (Å²) in [5.41, 5.74) is -1.07. The summed E-state index contributed by atoms with van der Waals surface area (Å²) in [4.78, 5) is 12.5. The first-order chi connectivity index (χ1) is 13.2. The molecule has 3 rings (SSSR count). The Kier molecular flexibility index (Phi) is 5.76. The smallest absolute Gasteiger partial charge is 0.322 e. The van der Waals surface area contributed by atoms with Crippen molar-refractivity contribution in [2.24, 2.45) is 0 Å². The van der Waals surface area contributed by atoms with E-state index < -0.39 is 27.7 Å². The monoisotopic (exact) mass is 412 g/mol. The van der Waals surface area contributed by atoms with E-state index in [4.69, 9.17) is 0 Å². The van der Waals surface area contributed by atoms with E-state index in [9.17, 15) is 26.4 Å². The third-order valence-corrected chi connectivity index (χ3v) is 6.47. The Bertz CT molecular complexity index is 968. The molecule has 0 aromatic heterocycles. The molecule has 1 fully saturated rings. The summed E-state index contributed by atoms with van der Waals surface area (Å²) in [5, 5.41) is 2.36. The van der Waals surface area contributed by atoms with Gasteiger partial charge in [-0.25, -0.2) is 8.42 Å². The minimum atomic E-state index is -4.55. The van der Waals surface area contributed by atoms with Gasteiger partial charge in [0.1, 0.15) is 0 Å². The van der Waals surface area contributed by atoms with E-state index in [1.807, 2.05) is 0 Å². The zero-order valence-electron chi connectivity index (χ0n) is 14.9. The average molecular weight is 412 g/mol. The number of carbonyl (C=O) groups excluding carboxylic acids is 1. The van der Waals surface area contributed by atoms with Crippen molar-refractivity contribution in [3.8, 4) is 0 Å². The van der Waals surface area contributed by atoms with E-state index in [2.05, 4.69) is 5.32 Å². The van der Waals surface area contributed by atoms with Crippen LogP contribution in [0, 0.1) is 0 Å². The number of nitrogens with zero attached hydrogens (tertiary/aromatic N) is 1. The van der Waals surface area contributed by atoms with Crippen molar-refractivity contribution >= 4 is 21.6 Å². The van der Waals surface area contributed by atoms with Crippen LogP contribution in [0.1, 0.15) is 35.2 Å². The van der Waals surface area contributed by atoms with E-state index in [1.165, 1.54) is 40.7 Å². The number of sulfonamides is 1. The number of halogens is 3. The molecule has 0 aliphatic carbocycles. The first-order valence-electron chi connectivity index (χ1n) is 8.77. The molecule has 0 radical (unpaired) electrons. The topological polar surface area (TPSA) is 66.5 Å². The van der Waals surface area contributed by atoms with Crippen LogP contribution < -0.4 is 5.32 Å². The van der Waals surface area contributed by atoms with E-state index >= 15 is 0 Å². The maximum Gasteiger partial charge on any atom is 0.416 e. The van der Waals surface area contributed by atoms with E-state index in [-0.39, 0.29) is 16.1 Å². The highest BCUT2D eigenvalue weighted by Crippen LogP contribution is 2.31. The minimum absolute atomic E-state index is 0.0648. The molecule has 28 heavy (non-hydrogen) atoms. The predicted octanol–water partition coefficient (Wildman–Crippen LogP) is 4.13. The summed E-state index contributed by atoms with van der Waals surface area (Å²) in [7, 11) is -3.87. The fraction of sp³-hybridized carbons (Fsp3) is 0.316. The van der Waals surface area contributed by atoms with Gasteiger partial charge >= 0.3 is 6.18 Å². The number of piperidine rings is 1. The largest absolute Gasteiger partial charge is 0.416 e. The summed E-state index contributed by atoms with van der Waals surface area (Å²) < 4.78 is 65.8. The van der Waals surface area contributed by atoms with E-state index in [0.29, 0.717) is 13.1 Å². The summed E-state index contributed by atoms with van der Waals surface area (Å²) in [5.74, 6) is -0.782. The lowest BCUT2D eigenvalue weighted by atomic mass is 10.1. The van der Waals surface area contributed by atoms with Crippen LogP contribution >= 0.6 is 0 Å². The second-order valence-electron chi connectivity index (χ2n) is 6.49. The lowest BCUT2D eigenvalue weighted by Gasteiger charge is -2.26. The number of hydrogen-bond acceptors (Lipinski definition) is 3. The molecule has 1 saturated heterocycles. The molecular weight excluding hydrogens is 393 g/mol. The average Bonchev–Trinajstić information content (AvgIpc) is 2.68. The van der Waals surface area contributed by atoms with Crippen molar-refractivity contribution in [3.05, 3.63) is 59.7 Å². The molecule has 9 heteroatoms. The molecule has 1 N–H and O–H groups in total. The number of hydrogen-bond donors (Lipinski definition) is 1. The predicted molar refractivity (Wildman–Crippen MR) is 98.4 cm³/mol. The lowest BCUT2D eigenvalue weighted by molar-refractivity contribution is -0.137. The normalized spacial score (nSPS) is 16.0. The molecule has 1 heterocycles. The Morgan fingerprint density at radius 3 is 2.32 bits per heavy atom. The molecule has 2 aromatic carbocycles. The zero-order valence-corrected chi connectivity index (χ0v) is 15.7. The van der Waals surface area contributed by atoms with Crippen LogP contribution in [0.4, 0.5) is 18.9 Å². The third-order valence-electron chi connectivity index (χ3n) is 4.51. The molecule has 150 valence electrons. The maximum atomic E-state index is 12.9. The van der Waals surface area contributed by atoms with Gasteiger partial charge < -0.3 is 5.32 Å². The number of nitrogens with one attached hydrogen (secondary N) is 1. The van der Waals surface area contributed by atoms with Crippen LogP contribution in [0.2, 0.25) is 0 Å². The van der Waals surface area contributed by atoms with Crippen LogP contribution in [-0.4, -0.2) is 31.7 Å². The van der Waals surface area contributed by atoms with E-state index in [0.717, 1.165) is 31.4 Å². The molecule has 1 amide bonds. The number of alkyl halides is 3. The second kappa shape index (κ2) is 7.92. The van der Waals surface area contributed by atoms with Gasteiger partial charge in [0.2, 0.25) is 10.0 Å². The third kappa shape index (κ3) is 4.36. The molecule has 0 bridgehead atoms. The lowest BCUT2D eigenvalue weighted by Crippen LogP contribution is -2.36. The Hall–Kier alpha value is -2.39. The number of carbonyl (C=O) groups is 1. The van der Waals surface area contributed by atoms with Gasteiger partial charge in [0, 0.05) is 18.8 Å². The van der Waals surface area contributed by atoms with Crippen molar-refractivity contribution in [2.45, 2.75) is 30.3 Å². The van der Waals surface area contributed by atoms with Gasteiger partial charge in [-0.2, -0.15) is 17.5 Å². The molecule has 1 aliphatic rings. The van der Waals surface area contributed by atoms with Crippen molar-refractivity contribution < 1.29 is 26.4 Å². The summed E-state index contributed by atoms with van der Waals surface area (Å²) in [6, 6.07) is 9.90. The van der Waals surface area contributed by atoms with Gasteiger partial charge in [0.25, 0.3) is 5.91 Å². The molecule has 2 aromatic rings. The van der Waals surface area contributed by atoms with Gasteiger partial charge in [-0.3, -0.25) is 4.79 Å². The van der Waals surface area contributed by atoms with Crippen molar-refractivity contribution in [2.75, 3.05) is 18.4 Å². The quantitative estimate of drug-likeness (QED) is 0.821. The molecular formula is C19H19F3N2O3S. The van der Waals surface area contributed by atoms with E-state index in [1.54, 1.807) is 0 Å². The number of anilines is 1. The van der Waals surface area contributed by atoms with Gasteiger partial charge in [-0.1, -0.05) is 24.6 Å². The highest BCUT2D eigenvalue weighted by Gasteiger charge is 2.31. The van der Waals surface area contributed by atoms with Gasteiger partial charge in [0.05, 0.1) is 16.0 Å². The molecule has 5 nitrogen and oxygen atoms in total. The fourth-order valence-corrected chi connectivity index (χ4v) is 4.80. The van der Waals surface area contributed by atoms with Crippen molar-refractivity contribution in [1.29, 1.82) is 0 Å². The van der Waals surface area contributed by atoms with Gasteiger partial charge in [0.15, 0.2) is 0 Å². The maximum absolute atomic E-state index is 12.9. The Labute approximate surface area is 161 Å². The van der Waals surface area contributed by atoms with Gasteiger partial charge in [-0.15, -0.1) is 0 Å². The van der Waals surface area contributed by atoms with Gasteiger partial charge in [-0.05, 0) is 43.2 Å². The van der Waals surface area contributed by atoms with Crippen LogP contribution in [0.25, 0.3) is 0 Å². The highest BCUT2D eigenvalue weighted by atomic mass is 32.2. The fourth-order valence-electron chi connectivity index (χ4n) is 3.10. The highest BCUT2D eigenvalue weighted by molar-refractivity contribution is 7.89. The van der Waals surface area contributed by atoms with Crippen LogP contribution in [0.5, 0.6) is 0 Å². The Morgan fingerprint density at radius 1 is 0.964 bits per heavy atom.